The molecule has 0 spiro atoms. The van der Waals surface area contributed by atoms with E-state index >= 15 is 0 Å². The summed E-state index contributed by atoms with van der Waals surface area (Å²) >= 11 is 1.61. The fraction of sp³-hybridized carbons (Fsp3) is 0.0588. The molecule has 5 nitrogen and oxygen atoms in total. The lowest BCUT2D eigenvalue weighted by atomic mass is 10.2. The van der Waals surface area contributed by atoms with Gasteiger partial charge in [-0.3, -0.25) is 0 Å². The molecule has 6 heteroatoms. The van der Waals surface area contributed by atoms with Crippen LogP contribution in [-0.4, -0.2) is 27.8 Å². The molecule has 0 amide bonds. The van der Waals surface area contributed by atoms with E-state index in [0.29, 0.717) is 5.69 Å². The highest BCUT2D eigenvalue weighted by Crippen LogP contribution is 2.31. The van der Waals surface area contributed by atoms with Crippen LogP contribution in [0.5, 0.6) is 0 Å². The third kappa shape index (κ3) is 2.24. The molecule has 114 valence electrons. The number of thiophene rings is 1. The van der Waals surface area contributed by atoms with Gasteiger partial charge >= 0.3 is 5.97 Å². The molecule has 1 N–H and O–H groups in total. The lowest BCUT2D eigenvalue weighted by Crippen LogP contribution is -2.02. The second-order valence-corrected chi connectivity index (χ2v) is 5.82. The van der Waals surface area contributed by atoms with Crippen LogP contribution in [0.15, 0.2) is 53.2 Å². The Kier molecular flexibility index (Phi) is 3.24. The van der Waals surface area contributed by atoms with Crippen molar-refractivity contribution in [2.75, 3.05) is 7.11 Å². The smallest absolute Gasteiger partial charge is 0.354 e. The van der Waals surface area contributed by atoms with Crippen LogP contribution >= 0.6 is 11.3 Å². The fourth-order valence-corrected chi connectivity index (χ4v) is 3.22. The summed E-state index contributed by atoms with van der Waals surface area (Å²) in [7, 11) is 1.37. The summed E-state index contributed by atoms with van der Waals surface area (Å²) in [6, 6.07) is 13.6. The van der Waals surface area contributed by atoms with Gasteiger partial charge in [0.2, 0.25) is 0 Å². The first kappa shape index (κ1) is 13.8. The quantitative estimate of drug-likeness (QED) is 0.582. The van der Waals surface area contributed by atoms with Crippen LogP contribution in [0.25, 0.3) is 28.0 Å². The number of aromatic amines is 1. The number of carbonyl (C=O) groups excluding carboxylic acids is 1. The SMILES string of the molecule is COC(=O)c1cc2c(-c3ccsc3)nn(-c3ccccc3)c2[nH]1. The molecule has 0 radical (unpaired) electrons. The van der Waals surface area contributed by atoms with E-state index in [1.54, 1.807) is 17.4 Å². The molecule has 23 heavy (non-hydrogen) atoms. The zero-order chi connectivity index (χ0) is 15.8. The molecule has 1 aromatic carbocycles. The molecule has 3 aromatic heterocycles. The number of nitrogens with one attached hydrogen (secondary N) is 1. The van der Waals surface area contributed by atoms with Crippen LogP contribution in [0.1, 0.15) is 10.5 Å². The third-order valence-electron chi connectivity index (χ3n) is 3.66. The van der Waals surface area contributed by atoms with Crippen molar-refractivity contribution in [3.8, 4) is 16.9 Å². The molecule has 0 aliphatic rings. The molecule has 0 aliphatic carbocycles. The largest absolute Gasteiger partial charge is 0.464 e. The Hall–Kier alpha value is -2.86. The van der Waals surface area contributed by atoms with Crippen molar-refractivity contribution in [1.82, 2.24) is 14.8 Å². The van der Waals surface area contributed by atoms with Crippen molar-refractivity contribution in [1.29, 1.82) is 0 Å². The second kappa shape index (κ2) is 5.40. The van der Waals surface area contributed by atoms with Gasteiger partial charge in [-0.15, -0.1) is 0 Å². The summed E-state index contributed by atoms with van der Waals surface area (Å²) in [6.45, 7) is 0. The Morgan fingerprint density at radius 1 is 1.26 bits per heavy atom. The van der Waals surface area contributed by atoms with Crippen LogP contribution < -0.4 is 0 Å². The van der Waals surface area contributed by atoms with Gasteiger partial charge in [-0.05, 0) is 29.6 Å². The van der Waals surface area contributed by atoms with Crippen molar-refractivity contribution in [3.63, 3.8) is 0 Å². The molecular formula is C17H13N3O2S. The van der Waals surface area contributed by atoms with Crippen LogP contribution in [0, 0.1) is 0 Å². The number of ether oxygens (including phenoxy) is 1. The van der Waals surface area contributed by atoms with Gasteiger partial charge in [-0.2, -0.15) is 16.4 Å². The predicted molar refractivity (Wildman–Crippen MR) is 90.1 cm³/mol. The maximum absolute atomic E-state index is 11.8. The lowest BCUT2D eigenvalue weighted by Gasteiger charge is -2.02. The Morgan fingerprint density at radius 3 is 2.78 bits per heavy atom. The van der Waals surface area contributed by atoms with Crippen molar-refractivity contribution in [2.45, 2.75) is 0 Å². The number of nitrogens with zero attached hydrogens (tertiary/aromatic N) is 2. The molecule has 4 aromatic rings. The van der Waals surface area contributed by atoms with Gasteiger partial charge in [0.05, 0.1) is 12.8 Å². The summed E-state index contributed by atoms with van der Waals surface area (Å²) in [5, 5.41) is 9.68. The van der Waals surface area contributed by atoms with Gasteiger partial charge in [0, 0.05) is 16.3 Å². The van der Waals surface area contributed by atoms with Gasteiger partial charge < -0.3 is 9.72 Å². The number of aromatic nitrogens is 3. The number of rotatable bonds is 3. The molecule has 0 bridgehead atoms. The number of benzene rings is 1. The summed E-state index contributed by atoms with van der Waals surface area (Å²) in [5.74, 6) is -0.392. The number of para-hydroxylation sites is 1. The summed E-state index contributed by atoms with van der Waals surface area (Å²) in [4.78, 5) is 15.0. The Labute approximate surface area is 136 Å². The molecular weight excluding hydrogens is 310 g/mol. The summed E-state index contributed by atoms with van der Waals surface area (Å²) in [5.41, 5.74) is 4.00. The number of methoxy groups -OCH3 is 1. The number of carbonyl (C=O) groups is 1. The predicted octanol–water partition coefficient (Wildman–Crippen LogP) is 3.87. The van der Waals surface area contributed by atoms with Crippen LogP contribution in [0.4, 0.5) is 0 Å². The standard InChI is InChI=1S/C17H13N3O2S/c1-22-17(21)14-9-13-15(11-7-8-23-10-11)19-20(16(13)18-14)12-5-3-2-4-6-12/h2-10,18H,1H3. The van der Waals surface area contributed by atoms with E-state index in [1.165, 1.54) is 7.11 Å². The Balaban J connectivity index is 1.99. The van der Waals surface area contributed by atoms with Gasteiger partial charge in [0.1, 0.15) is 17.0 Å². The molecule has 0 atom stereocenters. The van der Waals surface area contributed by atoms with Gasteiger partial charge in [-0.1, -0.05) is 18.2 Å². The van der Waals surface area contributed by atoms with E-state index in [4.69, 9.17) is 9.84 Å². The number of fused-ring (bicyclic) bond motifs is 1. The van der Waals surface area contributed by atoms with Crippen LogP contribution in [0.3, 0.4) is 0 Å². The normalized spacial score (nSPS) is 11.0. The highest BCUT2D eigenvalue weighted by Gasteiger charge is 2.19. The topological polar surface area (TPSA) is 59.9 Å². The van der Waals surface area contributed by atoms with Gasteiger partial charge in [0.25, 0.3) is 0 Å². The zero-order valence-electron chi connectivity index (χ0n) is 12.3. The van der Waals surface area contributed by atoms with Crippen LogP contribution in [-0.2, 0) is 4.74 Å². The van der Waals surface area contributed by atoms with Crippen molar-refractivity contribution in [2.24, 2.45) is 0 Å². The molecule has 0 saturated heterocycles. The van der Waals surface area contributed by atoms with Gasteiger partial charge in [0.15, 0.2) is 0 Å². The van der Waals surface area contributed by atoms with E-state index < -0.39 is 5.97 Å². The second-order valence-electron chi connectivity index (χ2n) is 5.04. The highest BCUT2D eigenvalue weighted by atomic mass is 32.1. The van der Waals surface area contributed by atoms with Crippen molar-refractivity contribution < 1.29 is 9.53 Å². The minimum atomic E-state index is -0.392. The van der Waals surface area contributed by atoms with E-state index in [2.05, 4.69) is 4.98 Å². The maximum Gasteiger partial charge on any atom is 0.354 e. The lowest BCUT2D eigenvalue weighted by molar-refractivity contribution is 0.0595. The first-order valence-electron chi connectivity index (χ1n) is 7.06. The molecule has 0 saturated carbocycles. The number of esters is 1. The summed E-state index contributed by atoms with van der Waals surface area (Å²) in [6.07, 6.45) is 0. The van der Waals surface area contributed by atoms with E-state index in [-0.39, 0.29) is 0 Å². The highest BCUT2D eigenvalue weighted by molar-refractivity contribution is 7.08. The average Bonchev–Trinajstić information content (AvgIpc) is 3.30. The third-order valence-corrected chi connectivity index (χ3v) is 4.35. The maximum atomic E-state index is 11.8. The van der Waals surface area contributed by atoms with Crippen molar-refractivity contribution in [3.05, 3.63) is 58.9 Å². The number of hydrogen-bond donors (Lipinski definition) is 1. The molecule has 0 fully saturated rings. The fourth-order valence-electron chi connectivity index (χ4n) is 2.58. The first-order valence-corrected chi connectivity index (χ1v) is 8.00. The first-order chi connectivity index (χ1) is 11.3. The number of H-pyrrole nitrogens is 1. The molecule has 3 heterocycles. The average molecular weight is 323 g/mol. The summed E-state index contributed by atoms with van der Waals surface area (Å²) < 4.78 is 6.63. The minimum Gasteiger partial charge on any atom is -0.464 e. The molecule has 0 unspecified atom stereocenters. The van der Waals surface area contributed by atoms with Gasteiger partial charge in [-0.25, -0.2) is 9.48 Å². The van der Waals surface area contributed by atoms with E-state index in [0.717, 1.165) is 28.0 Å². The number of hydrogen-bond acceptors (Lipinski definition) is 4. The minimum absolute atomic E-state index is 0.392. The zero-order valence-corrected chi connectivity index (χ0v) is 13.1. The molecule has 4 rings (SSSR count). The monoisotopic (exact) mass is 323 g/mol. The van der Waals surface area contributed by atoms with E-state index in [9.17, 15) is 4.79 Å². The van der Waals surface area contributed by atoms with Crippen molar-refractivity contribution >= 4 is 28.3 Å². The molecule has 0 aliphatic heterocycles. The van der Waals surface area contributed by atoms with E-state index in [1.807, 2.05) is 51.8 Å². The Bertz CT molecular complexity index is 968. The van der Waals surface area contributed by atoms with Crippen LogP contribution in [0.2, 0.25) is 0 Å². The Morgan fingerprint density at radius 2 is 2.09 bits per heavy atom.